The molecule has 0 unspecified atom stereocenters. The quantitative estimate of drug-likeness (QED) is 0.524. The van der Waals surface area contributed by atoms with Crippen LogP contribution >= 0.6 is 11.8 Å². The maximum absolute atomic E-state index is 8.31. The first kappa shape index (κ1) is 12.8. The number of unbranched alkanes of at least 4 members (excludes halogenated alkanes) is 5. The van der Waals surface area contributed by atoms with Crippen LogP contribution in [0.25, 0.3) is 0 Å². The lowest BCUT2D eigenvalue weighted by Crippen LogP contribution is -1.84. The Kier molecular flexibility index (Phi) is 11.7. The highest BCUT2D eigenvalue weighted by molar-refractivity contribution is 7.99. The highest BCUT2D eigenvalue weighted by Crippen LogP contribution is 2.10. The molecule has 0 heterocycles. The summed E-state index contributed by atoms with van der Waals surface area (Å²) in [7, 11) is 0. The van der Waals surface area contributed by atoms with E-state index in [9.17, 15) is 0 Å². The van der Waals surface area contributed by atoms with Crippen LogP contribution in [-0.2, 0) is 0 Å². The molecule has 0 radical (unpaired) electrons. The molecular weight excluding hydrogens is 178 g/mol. The number of nitrogens with zero attached hydrogens (tertiary/aromatic N) is 1. The van der Waals surface area contributed by atoms with E-state index in [1.807, 2.05) is 11.8 Å². The van der Waals surface area contributed by atoms with Crippen LogP contribution < -0.4 is 0 Å². The van der Waals surface area contributed by atoms with Gasteiger partial charge in [-0.25, -0.2) is 0 Å². The van der Waals surface area contributed by atoms with Crippen LogP contribution in [0.5, 0.6) is 0 Å². The summed E-state index contributed by atoms with van der Waals surface area (Å²) in [5.41, 5.74) is 0. The molecule has 0 aliphatic carbocycles. The van der Waals surface area contributed by atoms with Gasteiger partial charge < -0.3 is 0 Å². The first-order chi connectivity index (χ1) is 6.41. The van der Waals surface area contributed by atoms with Crippen molar-refractivity contribution in [2.75, 3.05) is 11.5 Å². The average Bonchev–Trinajstić information content (AvgIpc) is 2.16. The Morgan fingerprint density at radius 3 is 2.38 bits per heavy atom. The highest BCUT2D eigenvalue weighted by atomic mass is 32.2. The molecule has 0 saturated heterocycles. The van der Waals surface area contributed by atoms with Crippen LogP contribution in [0.3, 0.4) is 0 Å². The first-order valence-electron chi connectivity index (χ1n) is 5.36. The lowest BCUT2D eigenvalue weighted by atomic mass is 10.2. The molecule has 0 rings (SSSR count). The Bertz CT molecular complexity index is 129. The van der Waals surface area contributed by atoms with Crippen molar-refractivity contribution in [3.63, 3.8) is 0 Å². The normalized spacial score (nSPS) is 9.85. The Morgan fingerprint density at radius 2 is 1.69 bits per heavy atom. The summed E-state index contributed by atoms with van der Waals surface area (Å²) in [5, 5.41) is 8.31. The number of hydrogen-bond donors (Lipinski definition) is 0. The zero-order valence-electron chi connectivity index (χ0n) is 8.72. The number of hydrogen-bond acceptors (Lipinski definition) is 2. The van der Waals surface area contributed by atoms with Gasteiger partial charge in [0.1, 0.15) is 0 Å². The maximum atomic E-state index is 8.31. The van der Waals surface area contributed by atoms with Gasteiger partial charge in [-0.15, -0.1) is 0 Å². The van der Waals surface area contributed by atoms with Crippen molar-refractivity contribution < 1.29 is 0 Å². The topological polar surface area (TPSA) is 23.8 Å². The Hall–Kier alpha value is -0.160. The van der Waals surface area contributed by atoms with E-state index in [0.29, 0.717) is 0 Å². The zero-order valence-corrected chi connectivity index (χ0v) is 9.54. The second kappa shape index (κ2) is 11.8. The number of nitriles is 1. The number of rotatable bonds is 9. The predicted octanol–water partition coefficient (Wildman–Crippen LogP) is 3.99. The van der Waals surface area contributed by atoms with E-state index in [-0.39, 0.29) is 0 Å². The van der Waals surface area contributed by atoms with Crippen LogP contribution in [0.15, 0.2) is 0 Å². The average molecular weight is 199 g/mol. The van der Waals surface area contributed by atoms with E-state index in [1.165, 1.54) is 43.6 Å². The minimum atomic E-state index is 0.725. The molecule has 0 aromatic carbocycles. The van der Waals surface area contributed by atoms with Crippen molar-refractivity contribution in [3.8, 4) is 6.07 Å². The van der Waals surface area contributed by atoms with E-state index in [4.69, 9.17) is 5.26 Å². The first-order valence-corrected chi connectivity index (χ1v) is 6.52. The summed E-state index contributed by atoms with van der Waals surface area (Å²) in [4.78, 5) is 0. The van der Waals surface area contributed by atoms with Crippen molar-refractivity contribution in [1.82, 2.24) is 0 Å². The fraction of sp³-hybridized carbons (Fsp3) is 0.909. The fourth-order valence-electron chi connectivity index (χ4n) is 1.16. The van der Waals surface area contributed by atoms with Crippen LogP contribution in [0.4, 0.5) is 0 Å². The Morgan fingerprint density at radius 1 is 1.00 bits per heavy atom. The summed E-state index contributed by atoms with van der Waals surface area (Å²) >= 11 is 2.00. The van der Waals surface area contributed by atoms with Gasteiger partial charge in [0, 0.05) is 6.42 Å². The molecule has 13 heavy (non-hydrogen) atoms. The molecule has 0 saturated carbocycles. The molecule has 0 N–H and O–H groups in total. The molecule has 76 valence electrons. The highest BCUT2D eigenvalue weighted by Gasteiger charge is 1.91. The molecule has 1 nitrogen and oxygen atoms in total. The van der Waals surface area contributed by atoms with E-state index in [0.717, 1.165) is 12.8 Å². The summed E-state index contributed by atoms with van der Waals surface area (Å²) in [6.45, 7) is 2.25. The molecule has 0 bridgehead atoms. The predicted molar refractivity (Wildman–Crippen MR) is 60.9 cm³/mol. The van der Waals surface area contributed by atoms with Gasteiger partial charge in [-0.1, -0.05) is 32.6 Å². The largest absolute Gasteiger partial charge is 0.198 e. The van der Waals surface area contributed by atoms with Gasteiger partial charge in [-0.3, -0.25) is 0 Å². The smallest absolute Gasteiger partial charge is 0.0622 e. The van der Waals surface area contributed by atoms with E-state index < -0.39 is 0 Å². The van der Waals surface area contributed by atoms with Crippen LogP contribution in [0.2, 0.25) is 0 Å². The molecule has 0 amide bonds. The molecule has 0 aliphatic heterocycles. The minimum Gasteiger partial charge on any atom is -0.198 e. The van der Waals surface area contributed by atoms with Crippen LogP contribution in [-0.4, -0.2) is 11.5 Å². The minimum absolute atomic E-state index is 0.725. The standard InChI is InChI=1S/C11H21NS/c1-2-3-4-5-7-10-13-11-8-6-9-12/h2-8,10-11H2,1H3. The maximum Gasteiger partial charge on any atom is 0.0622 e. The van der Waals surface area contributed by atoms with Gasteiger partial charge in [0.05, 0.1) is 6.07 Å². The van der Waals surface area contributed by atoms with Crippen molar-refractivity contribution in [1.29, 1.82) is 5.26 Å². The van der Waals surface area contributed by atoms with Crippen molar-refractivity contribution in [2.45, 2.75) is 51.9 Å². The molecule has 2 heteroatoms. The summed E-state index contributed by atoms with van der Waals surface area (Å²) in [5.74, 6) is 2.45. The van der Waals surface area contributed by atoms with E-state index in [2.05, 4.69) is 13.0 Å². The van der Waals surface area contributed by atoms with E-state index in [1.54, 1.807) is 0 Å². The van der Waals surface area contributed by atoms with Gasteiger partial charge in [-0.2, -0.15) is 17.0 Å². The second-order valence-electron chi connectivity index (χ2n) is 3.29. The lowest BCUT2D eigenvalue weighted by Gasteiger charge is -1.99. The van der Waals surface area contributed by atoms with Gasteiger partial charge in [-0.05, 0) is 24.3 Å². The molecule has 0 aromatic heterocycles. The van der Waals surface area contributed by atoms with Crippen LogP contribution in [0, 0.1) is 11.3 Å². The van der Waals surface area contributed by atoms with Crippen molar-refractivity contribution in [2.24, 2.45) is 0 Å². The SMILES string of the molecule is CCCCCCCSCCCC#N. The molecule has 0 aromatic rings. The van der Waals surface area contributed by atoms with Gasteiger partial charge >= 0.3 is 0 Å². The van der Waals surface area contributed by atoms with Crippen LogP contribution in [0.1, 0.15) is 51.9 Å². The molecular formula is C11H21NS. The third kappa shape index (κ3) is 11.8. The molecule has 0 fully saturated rings. The van der Waals surface area contributed by atoms with Gasteiger partial charge in [0.2, 0.25) is 0 Å². The molecule has 0 spiro atoms. The molecule has 0 aliphatic rings. The Labute approximate surface area is 86.9 Å². The summed E-state index contributed by atoms with van der Waals surface area (Å²) < 4.78 is 0. The summed E-state index contributed by atoms with van der Waals surface area (Å²) in [6, 6.07) is 2.17. The van der Waals surface area contributed by atoms with Gasteiger partial charge in [0.15, 0.2) is 0 Å². The third-order valence-electron chi connectivity index (χ3n) is 1.97. The number of thioether (sulfide) groups is 1. The molecule has 0 atom stereocenters. The third-order valence-corrected chi connectivity index (χ3v) is 3.12. The lowest BCUT2D eigenvalue weighted by molar-refractivity contribution is 0.659. The second-order valence-corrected chi connectivity index (χ2v) is 4.51. The van der Waals surface area contributed by atoms with Crippen molar-refractivity contribution >= 4 is 11.8 Å². The van der Waals surface area contributed by atoms with Gasteiger partial charge in [0.25, 0.3) is 0 Å². The summed E-state index contributed by atoms with van der Waals surface area (Å²) in [6.07, 6.45) is 8.65. The Balaban J connectivity index is 2.80. The fourth-order valence-corrected chi connectivity index (χ4v) is 2.12. The van der Waals surface area contributed by atoms with Crippen molar-refractivity contribution in [3.05, 3.63) is 0 Å². The van der Waals surface area contributed by atoms with E-state index >= 15 is 0 Å². The zero-order chi connectivity index (χ0) is 9.78. The monoisotopic (exact) mass is 199 g/mol.